The number of nitrogens with one attached hydrogen (secondary N) is 2. The molecule has 2 N–H and O–H groups in total. The van der Waals surface area contributed by atoms with Gasteiger partial charge in [0.05, 0.1) is 22.7 Å². The van der Waals surface area contributed by atoms with Crippen LogP contribution in [0.5, 0.6) is 5.75 Å². The van der Waals surface area contributed by atoms with Gasteiger partial charge >= 0.3 is 0 Å². The van der Waals surface area contributed by atoms with Gasteiger partial charge in [-0.2, -0.15) is 5.26 Å². The normalized spacial score (nSPS) is 10.1. The van der Waals surface area contributed by atoms with Crippen LogP contribution in [0, 0.1) is 11.3 Å². The van der Waals surface area contributed by atoms with Crippen molar-refractivity contribution in [2.75, 3.05) is 11.9 Å². The number of benzene rings is 2. The first-order valence-electron chi connectivity index (χ1n) is 6.62. The Hall–Kier alpha value is -3.33. The SMILES string of the molecule is N#Cc1ccc(OCC(=O)Nc2nc3ccccc3[nH]2)cc1. The summed E-state index contributed by atoms with van der Waals surface area (Å²) >= 11 is 0. The van der Waals surface area contributed by atoms with Crippen LogP contribution in [-0.4, -0.2) is 22.5 Å². The fourth-order valence-electron chi connectivity index (χ4n) is 1.95. The first kappa shape index (κ1) is 13.6. The number of H-pyrrole nitrogens is 1. The number of aromatic nitrogens is 2. The minimum Gasteiger partial charge on any atom is -0.484 e. The summed E-state index contributed by atoms with van der Waals surface area (Å²) in [6.07, 6.45) is 0. The Morgan fingerprint density at radius 3 is 2.73 bits per heavy atom. The molecule has 22 heavy (non-hydrogen) atoms. The van der Waals surface area contributed by atoms with Crippen LogP contribution < -0.4 is 10.1 Å². The van der Waals surface area contributed by atoms with E-state index in [-0.39, 0.29) is 12.5 Å². The molecule has 1 aromatic heterocycles. The number of carbonyl (C=O) groups is 1. The van der Waals surface area contributed by atoms with Crippen molar-refractivity contribution in [3.63, 3.8) is 0 Å². The van der Waals surface area contributed by atoms with Gasteiger partial charge < -0.3 is 9.72 Å². The van der Waals surface area contributed by atoms with Crippen LogP contribution in [-0.2, 0) is 4.79 Å². The van der Waals surface area contributed by atoms with Gasteiger partial charge in [-0.15, -0.1) is 0 Å². The molecule has 0 bridgehead atoms. The number of hydrogen-bond donors (Lipinski definition) is 2. The summed E-state index contributed by atoms with van der Waals surface area (Å²) in [5.74, 6) is 0.594. The first-order valence-corrected chi connectivity index (χ1v) is 6.62. The zero-order valence-electron chi connectivity index (χ0n) is 11.5. The largest absolute Gasteiger partial charge is 0.484 e. The highest BCUT2D eigenvalue weighted by Gasteiger charge is 2.07. The monoisotopic (exact) mass is 292 g/mol. The number of para-hydroxylation sites is 2. The maximum atomic E-state index is 11.8. The average molecular weight is 292 g/mol. The summed E-state index contributed by atoms with van der Waals surface area (Å²) < 4.78 is 5.35. The van der Waals surface area contributed by atoms with Crippen LogP contribution in [0.25, 0.3) is 11.0 Å². The molecule has 0 aliphatic carbocycles. The molecule has 0 aliphatic heterocycles. The molecule has 0 spiro atoms. The van der Waals surface area contributed by atoms with Crippen LogP contribution in [0.4, 0.5) is 5.95 Å². The van der Waals surface area contributed by atoms with Crippen molar-refractivity contribution in [3.8, 4) is 11.8 Å². The van der Waals surface area contributed by atoms with E-state index in [2.05, 4.69) is 15.3 Å². The zero-order valence-corrected chi connectivity index (χ0v) is 11.5. The summed E-state index contributed by atoms with van der Waals surface area (Å²) in [5, 5.41) is 11.3. The molecule has 2 aromatic carbocycles. The van der Waals surface area contributed by atoms with Crippen LogP contribution >= 0.6 is 0 Å². The van der Waals surface area contributed by atoms with E-state index in [1.807, 2.05) is 30.3 Å². The number of carbonyl (C=O) groups excluding carboxylic acids is 1. The molecule has 0 radical (unpaired) electrons. The summed E-state index contributed by atoms with van der Waals surface area (Å²) in [7, 11) is 0. The average Bonchev–Trinajstić information content (AvgIpc) is 2.95. The lowest BCUT2D eigenvalue weighted by atomic mass is 10.2. The second kappa shape index (κ2) is 5.97. The molecule has 1 heterocycles. The molecule has 0 unspecified atom stereocenters. The number of ether oxygens (including phenoxy) is 1. The topological polar surface area (TPSA) is 90.8 Å². The van der Waals surface area contributed by atoms with Crippen LogP contribution in [0.15, 0.2) is 48.5 Å². The van der Waals surface area contributed by atoms with Gasteiger partial charge in [-0.05, 0) is 36.4 Å². The van der Waals surface area contributed by atoms with Crippen molar-refractivity contribution in [1.29, 1.82) is 5.26 Å². The lowest BCUT2D eigenvalue weighted by Gasteiger charge is -2.05. The maximum Gasteiger partial charge on any atom is 0.264 e. The third kappa shape index (κ3) is 3.04. The summed E-state index contributed by atoms with van der Waals surface area (Å²) in [6.45, 7) is -0.136. The van der Waals surface area contributed by atoms with E-state index in [1.165, 1.54) is 0 Å². The lowest BCUT2D eigenvalue weighted by Crippen LogP contribution is -2.20. The molecule has 0 saturated carbocycles. The minimum absolute atomic E-state index is 0.136. The Bertz CT molecular complexity index is 813. The molecule has 0 saturated heterocycles. The molecule has 0 aliphatic rings. The number of hydrogen-bond acceptors (Lipinski definition) is 4. The highest BCUT2D eigenvalue weighted by Crippen LogP contribution is 2.14. The Morgan fingerprint density at radius 1 is 1.23 bits per heavy atom. The van der Waals surface area contributed by atoms with Crippen molar-refractivity contribution < 1.29 is 9.53 Å². The number of fused-ring (bicyclic) bond motifs is 1. The summed E-state index contributed by atoms with van der Waals surface area (Å²) in [6, 6.07) is 16.1. The number of amides is 1. The molecule has 6 heteroatoms. The number of nitrogens with zero attached hydrogens (tertiary/aromatic N) is 2. The molecule has 1 amide bonds. The van der Waals surface area contributed by atoms with Crippen molar-refractivity contribution in [2.45, 2.75) is 0 Å². The fraction of sp³-hybridized carbons (Fsp3) is 0.0625. The molecule has 6 nitrogen and oxygen atoms in total. The molecule has 3 aromatic rings. The molecule has 0 atom stereocenters. The van der Waals surface area contributed by atoms with Gasteiger partial charge in [-0.25, -0.2) is 4.98 Å². The predicted octanol–water partition coefficient (Wildman–Crippen LogP) is 2.45. The quantitative estimate of drug-likeness (QED) is 0.772. The highest BCUT2D eigenvalue weighted by molar-refractivity contribution is 5.92. The van der Waals surface area contributed by atoms with Gasteiger partial charge in [0.25, 0.3) is 5.91 Å². The number of anilines is 1. The Labute approximate surface area is 126 Å². The zero-order chi connectivity index (χ0) is 15.4. The molecular formula is C16H12N4O2. The molecule has 3 rings (SSSR count). The first-order chi connectivity index (χ1) is 10.7. The van der Waals surface area contributed by atoms with Gasteiger partial charge in [0.1, 0.15) is 5.75 Å². The standard InChI is InChI=1S/C16H12N4O2/c17-9-11-5-7-12(8-6-11)22-10-15(21)20-16-18-13-3-1-2-4-14(13)19-16/h1-8H,10H2,(H2,18,19,20,21). The predicted molar refractivity (Wildman–Crippen MR) is 81.4 cm³/mol. The van der Waals surface area contributed by atoms with Crippen LogP contribution in [0.1, 0.15) is 5.56 Å². The van der Waals surface area contributed by atoms with E-state index < -0.39 is 0 Å². The molecule has 108 valence electrons. The van der Waals surface area contributed by atoms with Gasteiger partial charge in [0.2, 0.25) is 5.95 Å². The third-order valence-electron chi connectivity index (χ3n) is 3.00. The number of nitriles is 1. The van der Waals surface area contributed by atoms with Gasteiger partial charge in [0.15, 0.2) is 6.61 Å². The van der Waals surface area contributed by atoms with E-state index in [4.69, 9.17) is 10.00 Å². The fourth-order valence-corrected chi connectivity index (χ4v) is 1.95. The second-order valence-electron chi connectivity index (χ2n) is 4.58. The molecule has 0 fully saturated rings. The van der Waals surface area contributed by atoms with Gasteiger partial charge in [0, 0.05) is 0 Å². The van der Waals surface area contributed by atoms with E-state index in [0.29, 0.717) is 17.3 Å². The second-order valence-corrected chi connectivity index (χ2v) is 4.58. The van der Waals surface area contributed by atoms with Gasteiger partial charge in [-0.3, -0.25) is 10.1 Å². The third-order valence-corrected chi connectivity index (χ3v) is 3.00. The van der Waals surface area contributed by atoms with Crippen molar-refractivity contribution >= 4 is 22.9 Å². The van der Waals surface area contributed by atoms with E-state index >= 15 is 0 Å². The number of aromatic amines is 1. The maximum absolute atomic E-state index is 11.8. The molecular weight excluding hydrogens is 280 g/mol. The minimum atomic E-state index is -0.316. The Kier molecular flexibility index (Phi) is 3.70. The van der Waals surface area contributed by atoms with E-state index in [0.717, 1.165) is 11.0 Å². The van der Waals surface area contributed by atoms with E-state index in [1.54, 1.807) is 24.3 Å². The van der Waals surface area contributed by atoms with E-state index in [9.17, 15) is 4.79 Å². The van der Waals surface area contributed by atoms with Crippen molar-refractivity contribution in [3.05, 3.63) is 54.1 Å². The smallest absolute Gasteiger partial charge is 0.264 e. The van der Waals surface area contributed by atoms with Crippen molar-refractivity contribution in [1.82, 2.24) is 9.97 Å². The summed E-state index contributed by atoms with van der Waals surface area (Å²) in [4.78, 5) is 19.1. The number of rotatable bonds is 4. The van der Waals surface area contributed by atoms with Crippen LogP contribution in [0.2, 0.25) is 0 Å². The van der Waals surface area contributed by atoms with Crippen LogP contribution in [0.3, 0.4) is 0 Å². The highest BCUT2D eigenvalue weighted by atomic mass is 16.5. The Morgan fingerprint density at radius 2 is 2.00 bits per heavy atom. The number of imidazole rings is 1. The Balaban J connectivity index is 1.58. The van der Waals surface area contributed by atoms with Crippen molar-refractivity contribution in [2.24, 2.45) is 0 Å². The van der Waals surface area contributed by atoms with Gasteiger partial charge in [-0.1, -0.05) is 12.1 Å². The lowest BCUT2D eigenvalue weighted by molar-refractivity contribution is -0.118. The summed E-state index contributed by atoms with van der Waals surface area (Å²) in [5.41, 5.74) is 2.18.